The minimum absolute atomic E-state index is 0.000351. The fourth-order valence-corrected chi connectivity index (χ4v) is 3.70. The molecule has 0 radical (unpaired) electrons. The number of ether oxygens (including phenoxy) is 2. The fourth-order valence-electron chi connectivity index (χ4n) is 3.70. The highest BCUT2D eigenvalue weighted by Gasteiger charge is 2.34. The zero-order chi connectivity index (χ0) is 18.1. The number of esters is 1. The molecule has 1 saturated carbocycles. The Balaban J connectivity index is 1.86. The van der Waals surface area contributed by atoms with Crippen LogP contribution in [0.25, 0.3) is 0 Å². The predicted octanol–water partition coefficient (Wildman–Crippen LogP) is 2.87. The normalized spacial score (nSPS) is 18.0. The Morgan fingerprint density at radius 1 is 1.24 bits per heavy atom. The number of hydrogen-bond acceptors (Lipinski definition) is 5. The summed E-state index contributed by atoms with van der Waals surface area (Å²) in [4.78, 5) is 37.3. The van der Waals surface area contributed by atoms with E-state index >= 15 is 0 Å². The largest absolute Gasteiger partial charge is 0.492 e. The van der Waals surface area contributed by atoms with E-state index in [1.165, 1.54) is 13.2 Å². The van der Waals surface area contributed by atoms with E-state index in [1.54, 1.807) is 11.6 Å². The van der Waals surface area contributed by atoms with Crippen LogP contribution in [-0.4, -0.2) is 29.2 Å². The summed E-state index contributed by atoms with van der Waals surface area (Å²) in [5, 5.41) is 0. The molecule has 0 spiro atoms. The van der Waals surface area contributed by atoms with E-state index in [4.69, 9.17) is 9.47 Å². The van der Waals surface area contributed by atoms with E-state index in [1.807, 2.05) is 6.92 Å². The van der Waals surface area contributed by atoms with Crippen molar-refractivity contribution in [2.75, 3.05) is 7.11 Å². The third kappa shape index (κ3) is 3.01. The van der Waals surface area contributed by atoms with Crippen molar-refractivity contribution < 1.29 is 23.9 Å². The number of carbonyl (C=O) groups is 3. The summed E-state index contributed by atoms with van der Waals surface area (Å²) < 4.78 is 12.2. The molecule has 1 heterocycles. The van der Waals surface area contributed by atoms with Gasteiger partial charge in [-0.3, -0.25) is 14.4 Å². The van der Waals surface area contributed by atoms with Crippen molar-refractivity contribution in [3.05, 3.63) is 34.3 Å². The van der Waals surface area contributed by atoms with Crippen LogP contribution >= 0.6 is 0 Å². The van der Waals surface area contributed by atoms with E-state index in [0.29, 0.717) is 16.8 Å². The summed E-state index contributed by atoms with van der Waals surface area (Å²) in [7, 11) is 3.10. The van der Waals surface area contributed by atoms with Gasteiger partial charge in [-0.05, 0) is 19.8 Å². The Kier molecular flexibility index (Phi) is 4.79. The van der Waals surface area contributed by atoms with Gasteiger partial charge in [0.1, 0.15) is 12.3 Å². The summed E-state index contributed by atoms with van der Waals surface area (Å²) in [6.45, 7) is 1.81. The second-order valence-electron chi connectivity index (χ2n) is 6.70. The van der Waals surface area contributed by atoms with Crippen LogP contribution in [-0.2, 0) is 27.9 Å². The summed E-state index contributed by atoms with van der Waals surface area (Å²) >= 11 is 0. The average Bonchev–Trinajstić information content (AvgIpc) is 2.88. The monoisotopic (exact) mass is 345 g/mol. The van der Waals surface area contributed by atoms with E-state index in [-0.39, 0.29) is 35.8 Å². The first-order valence-electron chi connectivity index (χ1n) is 8.65. The number of ketones is 2. The maximum Gasteiger partial charge on any atom is 0.309 e. The van der Waals surface area contributed by atoms with E-state index in [9.17, 15) is 14.4 Å². The molecule has 2 aliphatic carbocycles. The van der Waals surface area contributed by atoms with Crippen molar-refractivity contribution in [3.63, 3.8) is 0 Å². The van der Waals surface area contributed by atoms with E-state index in [0.717, 1.165) is 37.8 Å². The number of aromatic nitrogens is 1. The molecule has 2 aliphatic rings. The third-order valence-corrected chi connectivity index (χ3v) is 5.28. The molecule has 0 aromatic carbocycles. The zero-order valence-electron chi connectivity index (χ0n) is 14.9. The Hall–Kier alpha value is -2.37. The molecule has 1 aromatic heterocycles. The first-order chi connectivity index (χ1) is 12.0. The summed E-state index contributed by atoms with van der Waals surface area (Å²) in [6.07, 6.45) is 6.19. The molecule has 6 heteroatoms. The van der Waals surface area contributed by atoms with Crippen molar-refractivity contribution in [2.45, 2.75) is 45.6 Å². The molecule has 6 nitrogen and oxygen atoms in total. The predicted molar refractivity (Wildman–Crippen MR) is 90.3 cm³/mol. The molecular weight excluding hydrogens is 322 g/mol. The maximum atomic E-state index is 12.6. The van der Waals surface area contributed by atoms with Crippen LogP contribution in [0.2, 0.25) is 0 Å². The van der Waals surface area contributed by atoms with Gasteiger partial charge in [0, 0.05) is 24.4 Å². The lowest BCUT2D eigenvalue weighted by Gasteiger charge is -2.20. The minimum atomic E-state index is -0.343. The van der Waals surface area contributed by atoms with Gasteiger partial charge in [-0.15, -0.1) is 0 Å². The summed E-state index contributed by atoms with van der Waals surface area (Å²) in [5.41, 5.74) is 1.95. The third-order valence-electron chi connectivity index (χ3n) is 5.28. The molecular formula is C19H23NO5. The molecule has 0 unspecified atom stereocenters. The Bertz CT molecular complexity index is 765. The van der Waals surface area contributed by atoms with Crippen LogP contribution in [0, 0.1) is 12.8 Å². The van der Waals surface area contributed by atoms with Gasteiger partial charge in [0.2, 0.25) is 11.6 Å². The van der Waals surface area contributed by atoms with Crippen LogP contribution in [0.5, 0.6) is 0 Å². The summed E-state index contributed by atoms with van der Waals surface area (Å²) in [5.74, 6) is -0.872. The van der Waals surface area contributed by atoms with Gasteiger partial charge in [0.25, 0.3) is 0 Å². The first-order valence-corrected chi connectivity index (χ1v) is 8.65. The highest BCUT2D eigenvalue weighted by atomic mass is 16.5. The number of nitrogens with zero attached hydrogens (tertiary/aromatic N) is 1. The van der Waals surface area contributed by atoms with Crippen molar-refractivity contribution in [2.24, 2.45) is 13.0 Å². The quantitative estimate of drug-likeness (QED) is 0.785. The Morgan fingerprint density at radius 3 is 2.56 bits per heavy atom. The van der Waals surface area contributed by atoms with Crippen molar-refractivity contribution >= 4 is 17.5 Å². The molecule has 0 saturated heterocycles. The Labute approximate surface area is 146 Å². The topological polar surface area (TPSA) is 74.6 Å². The van der Waals surface area contributed by atoms with E-state index in [2.05, 4.69) is 0 Å². The molecule has 0 amide bonds. The standard InChI is InChI=1S/C19H23NO5/c1-11-13(10-25-19(23)12-7-5-4-6-8-12)16-17(20(11)2)14(21)9-15(24-3)18(16)22/h9,12H,4-8,10H2,1-3H3. The van der Waals surface area contributed by atoms with Gasteiger partial charge in [0.05, 0.1) is 18.6 Å². The highest BCUT2D eigenvalue weighted by molar-refractivity contribution is 6.24. The SMILES string of the molecule is COC1=CC(=O)c2c(c(COC(=O)C3CCCCC3)c(C)n2C)C1=O. The van der Waals surface area contributed by atoms with E-state index < -0.39 is 0 Å². The molecule has 0 atom stereocenters. The van der Waals surface area contributed by atoms with Gasteiger partial charge < -0.3 is 14.0 Å². The van der Waals surface area contributed by atoms with Crippen LogP contribution in [0.15, 0.2) is 11.8 Å². The second-order valence-corrected chi connectivity index (χ2v) is 6.70. The van der Waals surface area contributed by atoms with Crippen LogP contribution in [0.3, 0.4) is 0 Å². The van der Waals surface area contributed by atoms with Crippen LogP contribution in [0.4, 0.5) is 0 Å². The zero-order valence-corrected chi connectivity index (χ0v) is 14.9. The smallest absolute Gasteiger partial charge is 0.309 e. The number of allylic oxidation sites excluding steroid dienone is 2. The first kappa shape index (κ1) is 17.5. The molecule has 25 heavy (non-hydrogen) atoms. The van der Waals surface area contributed by atoms with Crippen LogP contribution < -0.4 is 0 Å². The molecule has 1 aromatic rings. The maximum absolute atomic E-state index is 12.6. The van der Waals surface area contributed by atoms with Gasteiger partial charge >= 0.3 is 5.97 Å². The van der Waals surface area contributed by atoms with Gasteiger partial charge in [0.15, 0.2) is 5.76 Å². The molecule has 0 aliphatic heterocycles. The van der Waals surface area contributed by atoms with Gasteiger partial charge in [-0.1, -0.05) is 19.3 Å². The van der Waals surface area contributed by atoms with Gasteiger partial charge in [-0.2, -0.15) is 0 Å². The van der Waals surface area contributed by atoms with Crippen LogP contribution in [0.1, 0.15) is 64.2 Å². The number of methoxy groups -OCH3 is 1. The molecule has 0 N–H and O–H groups in total. The molecule has 0 bridgehead atoms. The fraction of sp³-hybridized carbons (Fsp3) is 0.526. The lowest BCUT2D eigenvalue weighted by atomic mass is 9.89. The van der Waals surface area contributed by atoms with Crippen molar-refractivity contribution in [1.29, 1.82) is 0 Å². The summed E-state index contributed by atoms with van der Waals surface area (Å²) in [6, 6.07) is 0. The highest BCUT2D eigenvalue weighted by Crippen LogP contribution is 2.31. The number of rotatable bonds is 4. The van der Waals surface area contributed by atoms with Gasteiger partial charge in [-0.25, -0.2) is 0 Å². The lowest BCUT2D eigenvalue weighted by Crippen LogP contribution is -2.22. The lowest BCUT2D eigenvalue weighted by molar-refractivity contribution is -0.151. The molecule has 3 rings (SSSR count). The number of hydrogen-bond donors (Lipinski definition) is 0. The van der Waals surface area contributed by atoms with Crippen molar-refractivity contribution in [3.8, 4) is 0 Å². The van der Waals surface area contributed by atoms with Crippen molar-refractivity contribution in [1.82, 2.24) is 4.57 Å². The second kappa shape index (κ2) is 6.86. The molecule has 134 valence electrons. The number of Topliss-reactive ketones (excluding diaryl/α,β-unsaturated/α-hetero) is 1. The average molecular weight is 345 g/mol. The molecule has 1 fully saturated rings. The minimum Gasteiger partial charge on any atom is -0.492 e. The Morgan fingerprint density at radius 2 is 1.92 bits per heavy atom. The number of fused-ring (bicyclic) bond motifs is 1. The number of carbonyl (C=O) groups excluding carboxylic acids is 3.